The molecule has 0 spiro atoms. The lowest BCUT2D eigenvalue weighted by Crippen LogP contribution is -2.49. The first-order valence-electron chi connectivity index (χ1n) is 9.44. The molecule has 5 atom stereocenters. The van der Waals surface area contributed by atoms with Crippen molar-refractivity contribution >= 4 is 30.0 Å². The number of hydrogen-bond donors (Lipinski definition) is 2. The van der Waals surface area contributed by atoms with Crippen molar-refractivity contribution in [2.45, 2.75) is 31.1 Å². The van der Waals surface area contributed by atoms with Crippen molar-refractivity contribution in [1.82, 2.24) is 5.32 Å². The maximum Gasteiger partial charge on any atom is 0.222 e. The van der Waals surface area contributed by atoms with Crippen molar-refractivity contribution in [3.05, 3.63) is 65.6 Å². The van der Waals surface area contributed by atoms with E-state index in [1.54, 1.807) is 18.7 Å². The van der Waals surface area contributed by atoms with Crippen LogP contribution in [0, 0.1) is 17.8 Å². The van der Waals surface area contributed by atoms with Crippen LogP contribution in [0.4, 0.5) is 4.39 Å². The topological polar surface area (TPSA) is 67.5 Å². The number of halogens is 1. The second kappa shape index (κ2) is 9.24. The number of nitrogens with one attached hydrogen (secondary N) is 1. The second-order valence-electron chi connectivity index (χ2n) is 7.32. The van der Waals surface area contributed by atoms with Crippen LogP contribution < -0.4 is 11.1 Å². The first-order chi connectivity index (χ1) is 13.5. The Balaban J connectivity index is 1.71. The van der Waals surface area contributed by atoms with E-state index in [1.165, 1.54) is 6.20 Å². The molecule has 2 fully saturated rings. The average molecular weight is 400 g/mol. The number of carbonyl (C=O) groups excluding carboxylic acids is 1. The molecular formula is C22H26FN3OS. The van der Waals surface area contributed by atoms with Gasteiger partial charge in [-0.25, -0.2) is 4.39 Å². The lowest BCUT2D eigenvalue weighted by atomic mass is 9.83. The third kappa shape index (κ3) is 4.55. The molecule has 0 saturated heterocycles. The number of fused-ring (bicyclic) bond motifs is 2. The molecule has 4 nitrogen and oxygen atoms in total. The molecule has 0 radical (unpaired) electrons. The molecule has 3 rings (SSSR count). The van der Waals surface area contributed by atoms with Crippen LogP contribution in [-0.4, -0.2) is 23.4 Å². The van der Waals surface area contributed by atoms with Crippen LogP contribution >= 0.6 is 11.8 Å². The van der Waals surface area contributed by atoms with Crippen LogP contribution in [0.15, 0.2) is 65.0 Å². The van der Waals surface area contributed by atoms with Gasteiger partial charge in [0, 0.05) is 23.2 Å². The Bertz CT molecular complexity index is 805. The minimum atomic E-state index is -0.459. The number of carbonyl (C=O) groups is 1. The Morgan fingerprint density at radius 3 is 2.79 bits per heavy atom. The van der Waals surface area contributed by atoms with Gasteiger partial charge in [-0.15, -0.1) is 11.8 Å². The minimum absolute atomic E-state index is 0.151. The van der Waals surface area contributed by atoms with Gasteiger partial charge in [0.25, 0.3) is 0 Å². The smallest absolute Gasteiger partial charge is 0.222 e. The maximum absolute atomic E-state index is 14.2. The largest absolute Gasteiger partial charge is 0.382 e. The van der Waals surface area contributed by atoms with Gasteiger partial charge in [-0.1, -0.05) is 36.9 Å². The molecule has 28 heavy (non-hydrogen) atoms. The first kappa shape index (κ1) is 20.4. The second-order valence-corrected chi connectivity index (χ2v) is 8.47. The van der Waals surface area contributed by atoms with Crippen molar-refractivity contribution in [3.63, 3.8) is 0 Å². The molecule has 6 heteroatoms. The number of aliphatic imine (C=N–C) groups is 1. The number of nitrogens with zero attached hydrogens (tertiary/aromatic N) is 1. The summed E-state index contributed by atoms with van der Waals surface area (Å²) in [6.07, 6.45) is 6.40. The summed E-state index contributed by atoms with van der Waals surface area (Å²) in [5, 5.41) is 5.74. The maximum atomic E-state index is 14.2. The Labute approximate surface area is 169 Å². The van der Waals surface area contributed by atoms with E-state index in [2.05, 4.69) is 40.5 Å². The molecule has 2 saturated carbocycles. The lowest BCUT2D eigenvalue weighted by Gasteiger charge is -2.35. The Morgan fingerprint density at radius 1 is 1.36 bits per heavy atom. The fraction of sp³-hybridized carbons (Fsp3) is 0.364. The number of amides is 1. The highest BCUT2D eigenvalue weighted by atomic mass is 32.2. The van der Waals surface area contributed by atoms with Crippen LogP contribution in [0.2, 0.25) is 0 Å². The Hall–Kier alpha value is -2.34. The molecule has 1 amide bonds. The number of nitrogens with two attached hydrogens (primary N) is 1. The van der Waals surface area contributed by atoms with Gasteiger partial charge in [-0.3, -0.25) is 9.79 Å². The zero-order valence-electron chi connectivity index (χ0n) is 15.9. The highest BCUT2D eigenvalue weighted by molar-refractivity contribution is 8.02. The lowest BCUT2D eigenvalue weighted by molar-refractivity contribution is -0.124. The van der Waals surface area contributed by atoms with E-state index in [0.717, 1.165) is 24.6 Å². The molecule has 0 aromatic heterocycles. The van der Waals surface area contributed by atoms with Gasteiger partial charge in [0.05, 0.1) is 12.1 Å². The summed E-state index contributed by atoms with van der Waals surface area (Å²) in [5.41, 5.74) is 7.21. The van der Waals surface area contributed by atoms with E-state index in [1.807, 2.05) is 18.2 Å². The molecular weight excluding hydrogens is 373 g/mol. The molecule has 4 unspecified atom stereocenters. The van der Waals surface area contributed by atoms with Crippen molar-refractivity contribution in [3.8, 4) is 0 Å². The third-order valence-corrected chi connectivity index (χ3v) is 6.81. The fourth-order valence-corrected chi connectivity index (χ4v) is 5.66. The van der Waals surface area contributed by atoms with Crippen molar-refractivity contribution in [1.29, 1.82) is 0 Å². The van der Waals surface area contributed by atoms with Crippen molar-refractivity contribution in [2.24, 2.45) is 28.5 Å². The van der Waals surface area contributed by atoms with Crippen LogP contribution in [0.5, 0.6) is 0 Å². The summed E-state index contributed by atoms with van der Waals surface area (Å²) in [4.78, 5) is 15.8. The predicted molar refractivity (Wildman–Crippen MR) is 115 cm³/mol. The summed E-state index contributed by atoms with van der Waals surface area (Å²) >= 11 is 1.79. The predicted octanol–water partition coefficient (Wildman–Crippen LogP) is 4.27. The minimum Gasteiger partial charge on any atom is -0.382 e. The van der Waals surface area contributed by atoms with Gasteiger partial charge < -0.3 is 11.1 Å². The molecule has 3 N–H and O–H groups in total. The molecule has 148 valence electrons. The van der Waals surface area contributed by atoms with E-state index in [-0.39, 0.29) is 29.7 Å². The van der Waals surface area contributed by atoms with Gasteiger partial charge in [-0.2, -0.15) is 0 Å². The monoisotopic (exact) mass is 399 g/mol. The van der Waals surface area contributed by atoms with Crippen LogP contribution in [0.3, 0.4) is 0 Å². The Morgan fingerprint density at radius 2 is 2.11 bits per heavy atom. The van der Waals surface area contributed by atoms with E-state index >= 15 is 0 Å². The summed E-state index contributed by atoms with van der Waals surface area (Å²) in [6, 6.07) is 9.99. The van der Waals surface area contributed by atoms with Crippen LogP contribution in [0.1, 0.15) is 25.3 Å². The Kier molecular flexibility index (Phi) is 6.73. The van der Waals surface area contributed by atoms with E-state index in [4.69, 9.17) is 5.73 Å². The zero-order valence-corrected chi connectivity index (χ0v) is 16.7. The number of rotatable bonds is 8. The first-order valence-corrected chi connectivity index (χ1v) is 10.4. The highest BCUT2D eigenvalue weighted by Gasteiger charge is 2.54. The highest BCUT2D eigenvalue weighted by Crippen LogP contribution is 2.53. The number of primary amides is 1. The van der Waals surface area contributed by atoms with E-state index in [9.17, 15) is 9.18 Å². The number of hydrogen-bond acceptors (Lipinski definition) is 4. The SMILES string of the molecule is C=C/N=C\C(F)=C(/C)N[C@@H]1C2CC(CC2S/C=C\c2ccccc2)C1C(N)=O. The zero-order chi connectivity index (χ0) is 20.1. The average Bonchev–Trinajstić information content (AvgIpc) is 3.25. The standard InChI is InChI=1S/C22H26FN3OS/c1-3-25-13-18(23)14(2)26-21-17-11-16(20(21)22(24)27)12-19(17)28-10-9-15-7-5-4-6-8-15/h3-10,13,16-17,19-21,26H,1,11-12H2,2H3,(H2,24,27)/b10-9-,18-14-,25-13-/t16?,17?,19?,20?,21-/m1/s1. The summed E-state index contributed by atoms with van der Waals surface area (Å²) in [5.74, 6) is -0.508. The van der Waals surface area contributed by atoms with E-state index in [0.29, 0.717) is 10.9 Å². The molecule has 2 bridgehead atoms. The molecule has 0 aliphatic heterocycles. The normalized spacial score (nSPS) is 30.0. The van der Waals surface area contributed by atoms with Crippen molar-refractivity contribution < 1.29 is 9.18 Å². The molecule has 2 aliphatic rings. The van der Waals surface area contributed by atoms with Gasteiger partial charge >= 0.3 is 0 Å². The molecule has 0 heterocycles. The van der Waals surface area contributed by atoms with Gasteiger partial charge in [0.2, 0.25) is 5.91 Å². The quantitative estimate of drug-likeness (QED) is 0.642. The number of benzene rings is 1. The summed E-state index contributed by atoms with van der Waals surface area (Å²) in [6.45, 7) is 5.10. The fourth-order valence-electron chi connectivity index (χ4n) is 4.38. The van der Waals surface area contributed by atoms with Crippen molar-refractivity contribution in [2.75, 3.05) is 0 Å². The number of allylic oxidation sites excluding steroid dienone is 2. The van der Waals surface area contributed by atoms with Gasteiger partial charge in [0.1, 0.15) is 0 Å². The molecule has 2 aliphatic carbocycles. The van der Waals surface area contributed by atoms with Crippen LogP contribution in [0.25, 0.3) is 6.08 Å². The molecule has 1 aromatic carbocycles. The van der Waals surface area contributed by atoms with Crippen LogP contribution in [-0.2, 0) is 4.79 Å². The molecule has 1 aromatic rings. The van der Waals surface area contributed by atoms with E-state index < -0.39 is 5.83 Å². The number of thioether (sulfide) groups is 1. The summed E-state index contributed by atoms with van der Waals surface area (Å²) in [7, 11) is 0. The third-order valence-electron chi connectivity index (χ3n) is 5.62. The van der Waals surface area contributed by atoms with Gasteiger partial charge in [0.15, 0.2) is 5.83 Å². The van der Waals surface area contributed by atoms with Gasteiger partial charge in [-0.05, 0) is 48.6 Å². The summed E-state index contributed by atoms with van der Waals surface area (Å²) < 4.78 is 14.2.